The lowest BCUT2D eigenvalue weighted by Gasteiger charge is -2.51. The fourth-order valence-electron chi connectivity index (χ4n) is 1.56. The lowest BCUT2D eigenvalue weighted by Crippen LogP contribution is -2.58. The lowest BCUT2D eigenvalue weighted by atomic mass is 9.71. The van der Waals surface area contributed by atoms with Crippen LogP contribution in [-0.4, -0.2) is 38.3 Å². The minimum atomic E-state index is -0.740. The SMILES string of the molecule is C=CC(=O)OC(C)(C)C(C)(C)C(C)(O[SiH3])O[SiH3]. The molecular formula is C11H24O4Si2. The maximum atomic E-state index is 11.4. The van der Waals surface area contributed by atoms with Crippen molar-refractivity contribution in [2.45, 2.75) is 46.0 Å². The molecule has 0 rings (SSSR count). The van der Waals surface area contributed by atoms with E-state index in [1.165, 1.54) is 0 Å². The van der Waals surface area contributed by atoms with Gasteiger partial charge in [0.05, 0.1) is 5.41 Å². The maximum Gasteiger partial charge on any atom is 0.330 e. The molecule has 0 bridgehead atoms. The topological polar surface area (TPSA) is 44.8 Å². The Balaban J connectivity index is 5.27. The highest BCUT2D eigenvalue weighted by molar-refractivity contribution is 6.00. The number of esters is 1. The van der Waals surface area contributed by atoms with Crippen molar-refractivity contribution in [1.82, 2.24) is 0 Å². The van der Waals surface area contributed by atoms with Gasteiger partial charge in [0, 0.05) is 6.08 Å². The average molecular weight is 276 g/mol. The molecule has 0 N–H and O–H groups in total. The third-order valence-corrected chi connectivity index (χ3v) is 5.50. The van der Waals surface area contributed by atoms with Gasteiger partial charge in [-0.05, 0) is 20.8 Å². The molecule has 4 nitrogen and oxygen atoms in total. The summed E-state index contributed by atoms with van der Waals surface area (Å²) in [7, 11) is 1.11. The quantitative estimate of drug-likeness (QED) is 0.292. The molecule has 0 unspecified atom stereocenters. The van der Waals surface area contributed by atoms with Gasteiger partial charge in [0.2, 0.25) is 0 Å². The molecule has 0 saturated heterocycles. The zero-order valence-electron chi connectivity index (χ0n) is 11.9. The first-order chi connectivity index (χ1) is 7.58. The second kappa shape index (κ2) is 5.47. The van der Waals surface area contributed by atoms with Crippen LogP contribution in [-0.2, 0) is 18.4 Å². The van der Waals surface area contributed by atoms with Crippen molar-refractivity contribution in [3.63, 3.8) is 0 Å². The summed E-state index contributed by atoms with van der Waals surface area (Å²) in [4.78, 5) is 11.4. The van der Waals surface area contributed by atoms with Crippen LogP contribution in [0.25, 0.3) is 0 Å². The van der Waals surface area contributed by atoms with E-state index < -0.39 is 22.8 Å². The summed E-state index contributed by atoms with van der Waals surface area (Å²) in [5, 5.41) is 0. The predicted octanol–water partition coefficient (Wildman–Crippen LogP) is -0.169. The van der Waals surface area contributed by atoms with Gasteiger partial charge in [0.1, 0.15) is 26.6 Å². The fourth-order valence-corrected chi connectivity index (χ4v) is 3.25. The van der Waals surface area contributed by atoms with Crippen LogP contribution >= 0.6 is 0 Å². The molecule has 0 aromatic rings. The molecule has 0 spiro atoms. The normalized spacial score (nSPS) is 16.5. The molecule has 0 atom stereocenters. The first kappa shape index (κ1) is 16.6. The highest BCUT2D eigenvalue weighted by atomic mass is 28.2. The minimum absolute atomic E-state index is 0.438. The Morgan fingerprint density at radius 2 is 1.53 bits per heavy atom. The van der Waals surface area contributed by atoms with Crippen LogP contribution in [0.1, 0.15) is 34.6 Å². The number of ether oxygens (including phenoxy) is 1. The van der Waals surface area contributed by atoms with Gasteiger partial charge in [-0.15, -0.1) is 0 Å². The lowest BCUT2D eigenvalue weighted by molar-refractivity contribution is -0.240. The summed E-state index contributed by atoms with van der Waals surface area (Å²) in [6.07, 6.45) is 1.16. The Labute approximate surface area is 110 Å². The van der Waals surface area contributed by atoms with E-state index in [0.29, 0.717) is 21.0 Å². The number of hydrogen-bond donors (Lipinski definition) is 0. The summed E-state index contributed by atoms with van der Waals surface area (Å²) in [6, 6.07) is 0. The van der Waals surface area contributed by atoms with Crippen molar-refractivity contribution in [2.24, 2.45) is 5.41 Å². The molecule has 0 fully saturated rings. The Bertz CT molecular complexity index is 296. The van der Waals surface area contributed by atoms with Crippen LogP contribution in [0.15, 0.2) is 12.7 Å². The van der Waals surface area contributed by atoms with Crippen molar-refractivity contribution in [3.8, 4) is 0 Å². The van der Waals surface area contributed by atoms with E-state index in [2.05, 4.69) is 6.58 Å². The van der Waals surface area contributed by atoms with Gasteiger partial charge < -0.3 is 13.6 Å². The summed E-state index contributed by atoms with van der Waals surface area (Å²) < 4.78 is 16.6. The molecule has 0 amide bonds. The highest BCUT2D eigenvalue weighted by Crippen LogP contribution is 2.45. The predicted molar refractivity (Wildman–Crippen MR) is 74.6 cm³/mol. The Hall–Kier alpha value is -0.436. The van der Waals surface area contributed by atoms with Gasteiger partial charge in [0.15, 0.2) is 5.79 Å². The van der Waals surface area contributed by atoms with E-state index in [1.807, 2.05) is 34.6 Å². The van der Waals surface area contributed by atoms with Crippen LogP contribution in [0.2, 0.25) is 0 Å². The van der Waals surface area contributed by atoms with Crippen molar-refractivity contribution in [2.75, 3.05) is 0 Å². The number of carbonyl (C=O) groups excluding carboxylic acids is 1. The largest absolute Gasteiger partial charge is 0.456 e. The molecule has 0 aliphatic heterocycles. The molecule has 0 heterocycles. The number of hydrogen-bond acceptors (Lipinski definition) is 4. The minimum Gasteiger partial charge on any atom is -0.456 e. The van der Waals surface area contributed by atoms with Gasteiger partial charge in [-0.1, -0.05) is 20.4 Å². The van der Waals surface area contributed by atoms with Crippen LogP contribution in [0.4, 0.5) is 0 Å². The number of rotatable bonds is 6. The Kier molecular flexibility index (Phi) is 5.33. The molecule has 17 heavy (non-hydrogen) atoms. The van der Waals surface area contributed by atoms with E-state index in [4.69, 9.17) is 13.6 Å². The van der Waals surface area contributed by atoms with Gasteiger partial charge >= 0.3 is 5.97 Å². The van der Waals surface area contributed by atoms with Gasteiger partial charge in [-0.25, -0.2) is 4.79 Å². The zero-order valence-corrected chi connectivity index (χ0v) is 15.9. The highest BCUT2D eigenvalue weighted by Gasteiger charge is 2.53. The summed E-state index contributed by atoms with van der Waals surface area (Å²) in [5.74, 6) is -1.18. The van der Waals surface area contributed by atoms with E-state index in [-0.39, 0.29) is 0 Å². The van der Waals surface area contributed by atoms with Crippen LogP contribution in [0.5, 0.6) is 0 Å². The molecular weight excluding hydrogens is 252 g/mol. The van der Waals surface area contributed by atoms with E-state index in [0.717, 1.165) is 6.08 Å². The van der Waals surface area contributed by atoms with Crippen molar-refractivity contribution < 1.29 is 18.4 Å². The average Bonchev–Trinajstić information content (AvgIpc) is 2.26. The molecule has 0 aliphatic carbocycles. The molecule has 0 aromatic carbocycles. The smallest absolute Gasteiger partial charge is 0.330 e. The molecule has 0 radical (unpaired) electrons. The van der Waals surface area contributed by atoms with Crippen LogP contribution in [0.3, 0.4) is 0 Å². The third-order valence-electron chi connectivity index (χ3n) is 3.94. The third kappa shape index (κ3) is 3.07. The van der Waals surface area contributed by atoms with Crippen molar-refractivity contribution >= 4 is 26.9 Å². The Morgan fingerprint density at radius 3 is 1.82 bits per heavy atom. The van der Waals surface area contributed by atoms with Crippen LogP contribution in [0, 0.1) is 5.41 Å². The van der Waals surface area contributed by atoms with Crippen molar-refractivity contribution in [3.05, 3.63) is 12.7 Å². The molecule has 0 saturated carbocycles. The summed E-state index contributed by atoms with van der Waals surface area (Å²) in [5.41, 5.74) is -1.20. The second-order valence-electron chi connectivity index (χ2n) is 5.11. The van der Waals surface area contributed by atoms with E-state index in [9.17, 15) is 4.79 Å². The fraction of sp³-hybridized carbons (Fsp3) is 0.727. The molecule has 0 aromatic heterocycles. The number of carbonyl (C=O) groups is 1. The van der Waals surface area contributed by atoms with Crippen molar-refractivity contribution in [1.29, 1.82) is 0 Å². The van der Waals surface area contributed by atoms with Crippen LogP contribution < -0.4 is 0 Å². The van der Waals surface area contributed by atoms with Gasteiger partial charge in [-0.3, -0.25) is 0 Å². The second-order valence-corrected chi connectivity index (χ2v) is 5.93. The summed E-state index contributed by atoms with van der Waals surface area (Å²) >= 11 is 0. The standard InChI is InChI=1S/C11H24O4Si2/c1-7-8(12)13-10(4,5)9(2,3)11(6,14-16)15-17/h7H,1H2,2-6,16-17H3. The van der Waals surface area contributed by atoms with E-state index >= 15 is 0 Å². The van der Waals surface area contributed by atoms with Gasteiger partial charge in [-0.2, -0.15) is 0 Å². The first-order valence-electron chi connectivity index (χ1n) is 5.53. The summed E-state index contributed by atoms with van der Waals surface area (Å²) in [6.45, 7) is 12.9. The molecule has 6 heteroatoms. The monoisotopic (exact) mass is 276 g/mol. The first-order valence-corrected chi connectivity index (χ1v) is 7.17. The zero-order chi connectivity index (χ0) is 13.9. The molecule has 100 valence electrons. The van der Waals surface area contributed by atoms with Gasteiger partial charge in [0.25, 0.3) is 0 Å². The maximum absolute atomic E-state index is 11.4. The Morgan fingerprint density at radius 1 is 1.12 bits per heavy atom. The molecule has 0 aliphatic rings. The van der Waals surface area contributed by atoms with E-state index in [1.54, 1.807) is 0 Å².